The van der Waals surface area contributed by atoms with Crippen LogP contribution >= 0.6 is 15.6 Å². The molecule has 0 aliphatic heterocycles. The van der Waals surface area contributed by atoms with Gasteiger partial charge in [0.2, 0.25) is 0 Å². The van der Waals surface area contributed by atoms with Gasteiger partial charge in [-0.15, -0.1) is 0 Å². The number of carbonyl (C=O) groups is 2. The summed E-state index contributed by atoms with van der Waals surface area (Å²) in [6.07, 6.45) is 1.68. The molecule has 13 heteroatoms. The maximum atomic E-state index is 12.2. The van der Waals surface area contributed by atoms with Crippen molar-refractivity contribution < 1.29 is 51.3 Å². The maximum Gasteiger partial charge on any atom is 0.481 e. The van der Waals surface area contributed by atoms with Crippen molar-refractivity contribution in [2.75, 3.05) is 13.2 Å². The molecular weight excluding hydrogens is 478 g/mol. The lowest BCUT2D eigenvalue weighted by Crippen LogP contribution is -2.24. The molecule has 0 heterocycles. The summed E-state index contributed by atoms with van der Waals surface area (Å²) in [6.45, 7) is 12.5. The van der Waals surface area contributed by atoms with E-state index in [1.165, 1.54) is 13.8 Å². The molecular formula is C20H36O11P2. The first kappa shape index (κ1) is 31.7. The fourth-order valence-electron chi connectivity index (χ4n) is 2.25. The zero-order chi connectivity index (χ0) is 25.7. The average Bonchev–Trinajstić information content (AvgIpc) is 2.70. The highest BCUT2D eigenvalue weighted by molar-refractivity contribution is 7.61. The van der Waals surface area contributed by atoms with Crippen LogP contribution < -0.4 is 0 Å². The van der Waals surface area contributed by atoms with Crippen LogP contribution in [0, 0.1) is 0 Å². The molecule has 0 aromatic rings. The SMILES string of the molecule is C=C(C)C(=O)OC(CCCC)COP(=O)(O)OP(=O)(O)OCC(CCCC)OC(=O)C(=C)C. The van der Waals surface area contributed by atoms with Crippen molar-refractivity contribution in [1.29, 1.82) is 0 Å². The highest BCUT2D eigenvalue weighted by Crippen LogP contribution is 2.60. The Hall–Kier alpha value is -1.32. The average molecular weight is 514 g/mol. The number of hydrogen-bond acceptors (Lipinski definition) is 9. The summed E-state index contributed by atoms with van der Waals surface area (Å²) >= 11 is 0. The van der Waals surface area contributed by atoms with Crippen LogP contribution in [0.2, 0.25) is 0 Å². The minimum atomic E-state index is -5.07. The first-order chi connectivity index (χ1) is 15.2. The molecule has 192 valence electrons. The molecule has 0 aromatic heterocycles. The number of phosphoric ester groups is 2. The zero-order valence-electron chi connectivity index (χ0n) is 19.7. The largest absolute Gasteiger partial charge is 0.481 e. The van der Waals surface area contributed by atoms with Gasteiger partial charge in [0.15, 0.2) is 0 Å². The summed E-state index contributed by atoms with van der Waals surface area (Å²) in [5.41, 5.74) is 0.274. The Bertz CT molecular complexity index is 703. The monoisotopic (exact) mass is 514 g/mol. The van der Waals surface area contributed by atoms with Crippen LogP contribution in [-0.2, 0) is 41.6 Å². The molecule has 0 amide bonds. The Balaban J connectivity index is 4.97. The standard InChI is InChI=1S/C20H36O11P2/c1-7-9-11-17(29-19(21)15(3)4)13-27-32(23,24)31-33(25,26)28-14-18(12-10-8-2)30-20(22)16(5)6/h17-18H,3,5,7-14H2,1-2,4,6H3,(H,23,24)(H,25,26). The van der Waals surface area contributed by atoms with Gasteiger partial charge in [0.05, 0.1) is 13.2 Å². The maximum absolute atomic E-state index is 12.2. The molecule has 0 saturated carbocycles. The van der Waals surface area contributed by atoms with Crippen LogP contribution in [-0.4, -0.2) is 47.1 Å². The van der Waals surface area contributed by atoms with Gasteiger partial charge in [-0.2, -0.15) is 4.31 Å². The van der Waals surface area contributed by atoms with E-state index in [2.05, 4.69) is 17.5 Å². The minimum absolute atomic E-state index is 0.137. The van der Waals surface area contributed by atoms with Crippen LogP contribution in [0.25, 0.3) is 0 Å². The van der Waals surface area contributed by atoms with Crippen molar-refractivity contribution in [2.24, 2.45) is 0 Å². The highest BCUT2D eigenvalue weighted by Gasteiger charge is 2.37. The molecule has 0 fully saturated rings. The van der Waals surface area contributed by atoms with E-state index >= 15 is 0 Å². The Morgan fingerprint density at radius 1 is 0.788 bits per heavy atom. The van der Waals surface area contributed by atoms with Crippen LogP contribution in [0.5, 0.6) is 0 Å². The van der Waals surface area contributed by atoms with Gasteiger partial charge in [-0.1, -0.05) is 39.8 Å². The molecule has 2 N–H and O–H groups in total. The quantitative estimate of drug-likeness (QED) is 0.150. The van der Waals surface area contributed by atoms with Gasteiger partial charge in [-0.05, 0) is 39.5 Å². The van der Waals surface area contributed by atoms with Crippen molar-refractivity contribution in [3.8, 4) is 0 Å². The lowest BCUT2D eigenvalue weighted by Gasteiger charge is -2.22. The van der Waals surface area contributed by atoms with E-state index in [9.17, 15) is 28.5 Å². The molecule has 0 aliphatic rings. The molecule has 4 atom stereocenters. The lowest BCUT2D eigenvalue weighted by molar-refractivity contribution is -0.147. The minimum Gasteiger partial charge on any atom is -0.457 e. The van der Waals surface area contributed by atoms with Crippen molar-refractivity contribution >= 4 is 27.6 Å². The lowest BCUT2D eigenvalue weighted by atomic mass is 10.2. The van der Waals surface area contributed by atoms with E-state index in [1.807, 2.05) is 13.8 Å². The van der Waals surface area contributed by atoms with Gasteiger partial charge in [0.25, 0.3) is 0 Å². The van der Waals surface area contributed by atoms with E-state index in [1.54, 1.807) is 0 Å². The molecule has 0 saturated heterocycles. The van der Waals surface area contributed by atoms with Crippen LogP contribution in [0.1, 0.15) is 66.2 Å². The molecule has 33 heavy (non-hydrogen) atoms. The summed E-state index contributed by atoms with van der Waals surface area (Å²) in [7, 11) is -10.1. The number of esters is 2. The van der Waals surface area contributed by atoms with Crippen molar-refractivity contribution in [1.82, 2.24) is 0 Å². The molecule has 11 nitrogen and oxygen atoms in total. The Morgan fingerprint density at radius 2 is 1.12 bits per heavy atom. The van der Waals surface area contributed by atoms with Gasteiger partial charge in [0, 0.05) is 11.1 Å². The van der Waals surface area contributed by atoms with Crippen molar-refractivity contribution in [2.45, 2.75) is 78.4 Å². The second kappa shape index (κ2) is 15.6. The van der Waals surface area contributed by atoms with Gasteiger partial charge >= 0.3 is 27.6 Å². The first-order valence-corrected chi connectivity index (χ1v) is 13.6. The summed E-state index contributed by atoms with van der Waals surface area (Å²) in [5, 5.41) is 0. The molecule has 0 aromatic carbocycles. The van der Waals surface area contributed by atoms with E-state index in [-0.39, 0.29) is 11.1 Å². The van der Waals surface area contributed by atoms with Gasteiger partial charge in [0.1, 0.15) is 12.2 Å². The number of hydrogen-bond donors (Lipinski definition) is 2. The predicted molar refractivity (Wildman–Crippen MR) is 121 cm³/mol. The Kier molecular flexibility index (Phi) is 14.9. The van der Waals surface area contributed by atoms with E-state index in [4.69, 9.17) is 18.5 Å². The molecule has 0 aliphatic carbocycles. The topological polar surface area (TPSA) is 155 Å². The molecule has 0 bridgehead atoms. The molecule has 4 unspecified atom stereocenters. The number of phosphoric acid groups is 2. The predicted octanol–water partition coefficient (Wildman–Crippen LogP) is 4.59. The Labute approximate surface area is 195 Å². The number of rotatable bonds is 18. The van der Waals surface area contributed by atoms with Crippen LogP contribution in [0.4, 0.5) is 0 Å². The first-order valence-electron chi connectivity index (χ1n) is 10.6. The smallest absolute Gasteiger partial charge is 0.457 e. The number of ether oxygens (including phenoxy) is 2. The summed E-state index contributed by atoms with van der Waals surface area (Å²) in [6, 6.07) is 0. The normalized spacial score (nSPS) is 16.7. The van der Waals surface area contributed by atoms with Crippen LogP contribution in [0.3, 0.4) is 0 Å². The van der Waals surface area contributed by atoms with Crippen LogP contribution in [0.15, 0.2) is 24.3 Å². The van der Waals surface area contributed by atoms with E-state index in [0.29, 0.717) is 25.7 Å². The summed E-state index contributed by atoms with van der Waals surface area (Å²) < 4.78 is 48.4. The van der Waals surface area contributed by atoms with Gasteiger partial charge < -0.3 is 19.3 Å². The third kappa shape index (κ3) is 15.2. The number of unbranched alkanes of at least 4 members (excludes halogenated alkanes) is 2. The van der Waals surface area contributed by atoms with Crippen molar-refractivity contribution in [3.05, 3.63) is 24.3 Å². The molecule has 0 spiro atoms. The van der Waals surface area contributed by atoms with Crippen molar-refractivity contribution in [3.63, 3.8) is 0 Å². The second-order valence-electron chi connectivity index (χ2n) is 7.51. The summed E-state index contributed by atoms with van der Waals surface area (Å²) in [4.78, 5) is 43.1. The van der Waals surface area contributed by atoms with E-state index in [0.717, 1.165) is 12.8 Å². The third-order valence-electron chi connectivity index (χ3n) is 4.06. The fraction of sp³-hybridized carbons (Fsp3) is 0.700. The zero-order valence-corrected chi connectivity index (χ0v) is 21.5. The van der Waals surface area contributed by atoms with Gasteiger partial charge in [-0.25, -0.2) is 18.7 Å². The summed E-state index contributed by atoms with van der Waals surface area (Å²) in [5.74, 6) is -1.40. The molecule has 0 radical (unpaired) electrons. The molecule has 0 rings (SSSR count). The van der Waals surface area contributed by atoms with E-state index < -0.39 is 53.0 Å². The Morgan fingerprint density at radius 3 is 1.39 bits per heavy atom. The second-order valence-corrected chi connectivity index (χ2v) is 10.6. The number of carbonyl (C=O) groups excluding carboxylic acids is 2. The fourth-order valence-corrected chi connectivity index (χ4v) is 4.38. The van der Waals surface area contributed by atoms with Gasteiger partial charge in [-0.3, -0.25) is 9.05 Å². The third-order valence-corrected chi connectivity index (χ3v) is 6.66. The highest BCUT2D eigenvalue weighted by atomic mass is 31.3.